The predicted molar refractivity (Wildman–Crippen MR) is 78.1 cm³/mol. The molecule has 1 fully saturated rings. The quantitative estimate of drug-likeness (QED) is 0.595. The number of rotatable bonds is 1. The lowest BCUT2D eigenvalue weighted by Crippen LogP contribution is -2.41. The molecule has 1 unspecified atom stereocenters. The van der Waals surface area contributed by atoms with Gasteiger partial charge in [0.2, 0.25) is 5.72 Å². The predicted octanol–water partition coefficient (Wildman–Crippen LogP) is 1.89. The highest BCUT2D eigenvalue weighted by molar-refractivity contribution is 6.34. The summed E-state index contributed by atoms with van der Waals surface area (Å²) in [5.41, 5.74) is 2.08. The first-order valence-corrected chi connectivity index (χ1v) is 6.89. The van der Waals surface area contributed by atoms with Crippen molar-refractivity contribution < 1.29 is 19.1 Å². The molecular formula is C17H13NO4. The van der Waals surface area contributed by atoms with E-state index in [-0.39, 0.29) is 0 Å². The maximum atomic E-state index is 12.1. The number of esters is 1. The van der Waals surface area contributed by atoms with Crippen molar-refractivity contribution in [3.05, 3.63) is 53.6 Å². The number of hydrogen-bond acceptors (Lipinski definition) is 4. The van der Waals surface area contributed by atoms with Gasteiger partial charge in [-0.1, -0.05) is 36.4 Å². The van der Waals surface area contributed by atoms with E-state index in [9.17, 15) is 9.59 Å². The van der Waals surface area contributed by atoms with Gasteiger partial charge in [0.1, 0.15) is 5.75 Å². The fourth-order valence-electron chi connectivity index (χ4n) is 3.40. The number of amides is 1. The number of benzene rings is 2. The van der Waals surface area contributed by atoms with Crippen LogP contribution in [-0.2, 0) is 20.1 Å². The highest BCUT2D eigenvalue weighted by atomic mass is 16.6. The molecule has 0 N–H and O–H groups in total. The zero-order valence-electron chi connectivity index (χ0n) is 12.1. The molecule has 110 valence electrons. The molecule has 1 amide bonds. The summed E-state index contributed by atoms with van der Waals surface area (Å²) >= 11 is 0. The number of carbonyl (C=O) groups excluding carboxylic acids is 2. The summed E-state index contributed by atoms with van der Waals surface area (Å²) in [7, 11) is 3.18. The Labute approximate surface area is 127 Å². The third kappa shape index (κ3) is 1.28. The van der Waals surface area contributed by atoms with Crippen LogP contribution in [0.5, 0.6) is 5.75 Å². The maximum Gasteiger partial charge on any atom is 0.399 e. The van der Waals surface area contributed by atoms with Crippen molar-refractivity contribution in [2.45, 2.75) is 5.72 Å². The van der Waals surface area contributed by atoms with Gasteiger partial charge in [-0.3, -0.25) is 9.69 Å². The Bertz CT molecular complexity index is 829. The first kappa shape index (κ1) is 12.9. The summed E-state index contributed by atoms with van der Waals surface area (Å²) in [6.45, 7) is 0. The molecule has 2 aliphatic rings. The molecule has 1 aliphatic heterocycles. The van der Waals surface area contributed by atoms with Gasteiger partial charge in [0.15, 0.2) is 0 Å². The number of ether oxygens (including phenoxy) is 2. The van der Waals surface area contributed by atoms with E-state index in [1.807, 2.05) is 42.5 Å². The van der Waals surface area contributed by atoms with Crippen LogP contribution in [0.2, 0.25) is 0 Å². The molecule has 0 saturated carbocycles. The topological polar surface area (TPSA) is 55.8 Å². The molecule has 1 spiro atoms. The molecule has 0 aromatic heterocycles. The Hall–Kier alpha value is -2.82. The van der Waals surface area contributed by atoms with Crippen LogP contribution in [0.15, 0.2) is 42.5 Å². The minimum absolute atomic E-state index is 0.648. The van der Waals surface area contributed by atoms with E-state index in [0.29, 0.717) is 5.75 Å². The standard InChI is InChI=1S/C17H13NO4/c1-18-15(19)16(20)22-17(18)11-7-4-3-6-10(11)14-12(17)8-5-9-13(14)21-2/h3-9H,1-2H3. The van der Waals surface area contributed by atoms with Crippen LogP contribution in [0.1, 0.15) is 11.1 Å². The molecule has 1 heterocycles. The molecular weight excluding hydrogens is 282 g/mol. The average Bonchev–Trinajstić information content (AvgIpc) is 2.96. The lowest BCUT2D eigenvalue weighted by Gasteiger charge is -2.31. The van der Waals surface area contributed by atoms with E-state index in [0.717, 1.165) is 22.3 Å². The summed E-state index contributed by atoms with van der Waals surface area (Å²) in [5, 5.41) is 0. The van der Waals surface area contributed by atoms with Crippen LogP contribution in [0.3, 0.4) is 0 Å². The van der Waals surface area contributed by atoms with Gasteiger partial charge in [-0.05, 0) is 11.6 Å². The summed E-state index contributed by atoms with van der Waals surface area (Å²) in [5.74, 6) is -0.802. The van der Waals surface area contributed by atoms with Gasteiger partial charge in [0, 0.05) is 23.7 Å². The molecule has 4 rings (SSSR count). The van der Waals surface area contributed by atoms with Gasteiger partial charge in [-0.25, -0.2) is 4.79 Å². The highest BCUT2D eigenvalue weighted by Crippen LogP contribution is 2.55. The molecule has 5 heteroatoms. The van der Waals surface area contributed by atoms with Crippen LogP contribution in [0.25, 0.3) is 11.1 Å². The third-order valence-corrected chi connectivity index (χ3v) is 4.36. The van der Waals surface area contributed by atoms with Gasteiger partial charge < -0.3 is 9.47 Å². The Morgan fingerprint density at radius 2 is 1.77 bits per heavy atom. The number of methoxy groups -OCH3 is 1. The molecule has 1 aliphatic carbocycles. The summed E-state index contributed by atoms with van der Waals surface area (Å²) in [6, 6.07) is 13.1. The van der Waals surface area contributed by atoms with E-state index in [2.05, 4.69) is 0 Å². The van der Waals surface area contributed by atoms with Crippen LogP contribution < -0.4 is 4.74 Å². The van der Waals surface area contributed by atoms with Crippen molar-refractivity contribution in [2.24, 2.45) is 0 Å². The Morgan fingerprint density at radius 1 is 1.05 bits per heavy atom. The van der Waals surface area contributed by atoms with Crippen LogP contribution in [0, 0.1) is 0 Å². The lowest BCUT2D eigenvalue weighted by atomic mass is 9.99. The van der Waals surface area contributed by atoms with E-state index < -0.39 is 17.6 Å². The van der Waals surface area contributed by atoms with Crippen molar-refractivity contribution in [2.75, 3.05) is 14.2 Å². The van der Waals surface area contributed by atoms with Gasteiger partial charge in [-0.2, -0.15) is 0 Å². The first-order valence-electron chi connectivity index (χ1n) is 6.89. The van der Waals surface area contributed by atoms with Crippen molar-refractivity contribution in [3.8, 4) is 16.9 Å². The molecule has 5 nitrogen and oxygen atoms in total. The number of fused-ring (bicyclic) bond motifs is 5. The normalized spacial score (nSPS) is 21.8. The number of likely N-dealkylation sites (N-methyl/N-ethyl adjacent to an activating group) is 1. The fraction of sp³-hybridized carbons (Fsp3) is 0.176. The zero-order chi connectivity index (χ0) is 15.5. The molecule has 2 aromatic rings. The zero-order valence-corrected chi connectivity index (χ0v) is 12.1. The van der Waals surface area contributed by atoms with E-state index in [4.69, 9.17) is 9.47 Å². The van der Waals surface area contributed by atoms with Crippen molar-refractivity contribution in [1.29, 1.82) is 0 Å². The molecule has 0 radical (unpaired) electrons. The van der Waals surface area contributed by atoms with Gasteiger partial charge in [0.05, 0.1) is 7.11 Å². The van der Waals surface area contributed by atoms with Gasteiger partial charge in [-0.15, -0.1) is 0 Å². The molecule has 1 atom stereocenters. The average molecular weight is 295 g/mol. The monoisotopic (exact) mass is 295 g/mol. The summed E-state index contributed by atoms with van der Waals surface area (Å²) < 4.78 is 11.0. The highest BCUT2D eigenvalue weighted by Gasteiger charge is 2.58. The Kier molecular flexibility index (Phi) is 2.40. The van der Waals surface area contributed by atoms with E-state index >= 15 is 0 Å². The summed E-state index contributed by atoms with van der Waals surface area (Å²) in [4.78, 5) is 25.3. The molecule has 2 aromatic carbocycles. The minimum atomic E-state index is -1.20. The van der Waals surface area contributed by atoms with Crippen molar-refractivity contribution >= 4 is 11.9 Å². The van der Waals surface area contributed by atoms with Gasteiger partial charge in [0.25, 0.3) is 0 Å². The first-order chi connectivity index (χ1) is 10.6. The van der Waals surface area contributed by atoms with Gasteiger partial charge >= 0.3 is 11.9 Å². The number of nitrogens with zero attached hydrogens (tertiary/aromatic N) is 1. The van der Waals surface area contributed by atoms with Crippen molar-refractivity contribution in [1.82, 2.24) is 4.90 Å². The molecule has 0 bridgehead atoms. The fourth-order valence-corrected chi connectivity index (χ4v) is 3.40. The Balaban J connectivity index is 2.12. The SMILES string of the molecule is COc1cccc2c1-c1ccccc1C21OC(=O)C(=O)N1C. The third-order valence-electron chi connectivity index (χ3n) is 4.36. The molecule has 1 saturated heterocycles. The second-order valence-corrected chi connectivity index (χ2v) is 5.33. The second-order valence-electron chi connectivity index (χ2n) is 5.33. The maximum absolute atomic E-state index is 12.1. The van der Waals surface area contributed by atoms with Crippen LogP contribution in [0.4, 0.5) is 0 Å². The minimum Gasteiger partial charge on any atom is -0.496 e. The second kappa shape index (κ2) is 4.10. The lowest BCUT2D eigenvalue weighted by molar-refractivity contribution is -0.152. The molecule has 22 heavy (non-hydrogen) atoms. The van der Waals surface area contributed by atoms with E-state index in [1.54, 1.807) is 14.2 Å². The van der Waals surface area contributed by atoms with E-state index in [1.165, 1.54) is 4.90 Å². The Morgan fingerprint density at radius 3 is 2.45 bits per heavy atom. The number of hydrogen-bond donors (Lipinski definition) is 0. The smallest absolute Gasteiger partial charge is 0.399 e. The van der Waals surface area contributed by atoms with Crippen molar-refractivity contribution in [3.63, 3.8) is 0 Å². The number of carbonyl (C=O) groups is 2. The largest absolute Gasteiger partial charge is 0.496 e. The van der Waals surface area contributed by atoms with Crippen LogP contribution >= 0.6 is 0 Å². The van der Waals surface area contributed by atoms with Crippen LogP contribution in [-0.4, -0.2) is 30.9 Å². The summed E-state index contributed by atoms with van der Waals surface area (Å²) in [6.07, 6.45) is 0.